The number of hydrogen-bond donors (Lipinski definition) is 1. The van der Waals surface area contributed by atoms with Crippen molar-refractivity contribution >= 4 is 17.8 Å². The van der Waals surface area contributed by atoms with Gasteiger partial charge in [0.25, 0.3) is 0 Å². The van der Waals surface area contributed by atoms with Gasteiger partial charge in [0.15, 0.2) is 5.78 Å². The average molecular weight is 282 g/mol. The molecule has 0 saturated heterocycles. The van der Waals surface area contributed by atoms with E-state index >= 15 is 0 Å². The zero-order valence-electron chi connectivity index (χ0n) is 11.4. The van der Waals surface area contributed by atoms with Crippen LogP contribution in [0.25, 0.3) is 6.08 Å². The number of phenolic OH excluding ortho intramolecular Hbond substituents is 1. The monoisotopic (exact) mass is 282 g/mol. The third-order valence-corrected chi connectivity index (χ3v) is 2.91. The number of carbonyl (C=O) groups excluding carboxylic acids is 2. The topological polar surface area (TPSA) is 63.6 Å². The second-order valence-corrected chi connectivity index (χ2v) is 4.36. The molecule has 2 aromatic rings. The third-order valence-electron chi connectivity index (χ3n) is 2.91. The van der Waals surface area contributed by atoms with Crippen LogP contribution in [-0.4, -0.2) is 24.0 Å². The molecule has 0 saturated carbocycles. The van der Waals surface area contributed by atoms with E-state index in [1.807, 2.05) is 0 Å². The van der Waals surface area contributed by atoms with Gasteiger partial charge in [0.2, 0.25) is 0 Å². The highest BCUT2D eigenvalue weighted by Crippen LogP contribution is 2.12. The number of aromatic hydroxyl groups is 1. The van der Waals surface area contributed by atoms with Crippen molar-refractivity contribution in [3.8, 4) is 5.75 Å². The normalized spacial score (nSPS) is 10.5. The van der Waals surface area contributed by atoms with E-state index in [-0.39, 0.29) is 11.5 Å². The number of ether oxygens (including phenoxy) is 1. The Bertz CT molecular complexity index is 667. The molecule has 0 heterocycles. The van der Waals surface area contributed by atoms with E-state index in [1.165, 1.54) is 25.3 Å². The van der Waals surface area contributed by atoms with E-state index in [0.29, 0.717) is 11.1 Å². The highest BCUT2D eigenvalue weighted by Gasteiger charge is 2.04. The lowest BCUT2D eigenvalue weighted by Crippen LogP contribution is -2.00. The second-order valence-electron chi connectivity index (χ2n) is 4.36. The molecule has 0 aliphatic carbocycles. The van der Waals surface area contributed by atoms with E-state index in [2.05, 4.69) is 4.74 Å². The van der Waals surface area contributed by atoms with Gasteiger partial charge in [-0.1, -0.05) is 18.2 Å². The molecule has 4 heteroatoms. The van der Waals surface area contributed by atoms with Crippen molar-refractivity contribution in [2.24, 2.45) is 0 Å². The minimum absolute atomic E-state index is 0.119. The van der Waals surface area contributed by atoms with E-state index in [9.17, 15) is 14.7 Å². The van der Waals surface area contributed by atoms with Crippen molar-refractivity contribution in [3.63, 3.8) is 0 Å². The first kappa shape index (κ1) is 14.5. The number of hydrogen-bond acceptors (Lipinski definition) is 4. The number of esters is 1. The van der Waals surface area contributed by atoms with Gasteiger partial charge in [-0.05, 0) is 48.0 Å². The standard InChI is InChI=1S/C17H14O4/c1-21-17(20)14-5-2-12(3-6-14)4-11-16(19)13-7-9-15(18)10-8-13/h2-11,18H,1H3/b11-4+. The number of carbonyl (C=O) groups is 2. The maximum Gasteiger partial charge on any atom is 0.337 e. The van der Waals surface area contributed by atoms with Gasteiger partial charge in [0, 0.05) is 5.56 Å². The molecule has 0 amide bonds. The van der Waals surface area contributed by atoms with Crippen LogP contribution in [0.1, 0.15) is 26.3 Å². The van der Waals surface area contributed by atoms with Crippen LogP contribution in [-0.2, 0) is 4.74 Å². The maximum absolute atomic E-state index is 11.9. The molecule has 0 unspecified atom stereocenters. The fraction of sp³-hybridized carbons (Fsp3) is 0.0588. The molecule has 0 spiro atoms. The van der Waals surface area contributed by atoms with E-state index in [0.717, 1.165) is 5.56 Å². The maximum atomic E-state index is 11.9. The van der Waals surface area contributed by atoms with Gasteiger partial charge in [0.05, 0.1) is 12.7 Å². The lowest BCUT2D eigenvalue weighted by molar-refractivity contribution is 0.0600. The number of rotatable bonds is 4. The van der Waals surface area contributed by atoms with Crippen LogP contribution < -0.4 is 0 Å². The first-order chi connectivity index (χ1) is 10.1. The summed E-state index contributed by atoms with van der Waals surface area (Å²) in [6.07, 6.45) is 3.11. The molecule has 0 aliphatic rings. The largest absolute Gasteiger partial charge is 0.508 e. The first-order valence-electron chi connectivity index (χ1n) is 6.30. The van der Waals surface area contributed by atoms with Crippen LogP contribution >= 0.6 is 0 Å². The summed E-state index contributed by atoms with van der Waals surface area (Å²) in [4.78, 5) is 23.2. The zero-order chi connectivity index (χ0) is 15.2. The molecule has 0 atom stereocenters. The Labute approximate surface area is 122 Å². The quantitative estimate of drug-likeness (QED) is 0.532. The summed E-state index contributed by atoms with van der Waals surface area (Å²) in [7, 11) is 1.33. The molecular weight excluding hydrogens is 268 g/mol. The Kier molecular flexibility index (Phi) is 4.51. The highest BCUT2D eigenvalue weighted by atomic mass is 16.5. The van der Waals surface area contributed by atoms with Crippen LogP contribution in [0.3, 0.4) is 0 Å². The number of allylic oxidation sites excluding steroid dienone is 1. The molecule has 0 aliphatic heterocycles. The minimum Gasteiger partial charge on any atom is -0.508 e. The molecule has 0 aromatic heterocycles. The fourth-order valence-corrected chi connectivity index (χ4v) is 1.74. The van der Waals surface area contributed by atoms with Crippen LogP contribution in [0, 0.1) is 0 Å². The second kappa shape index (κ2) is 6.52. The molecular formula is C17H14O4. The molecule has 4 nitrogen and oxygen atoms in total. The van der Waals surface area contributed by atoms with Gasteiger partial charge in [-0.2, -0.15) is 0 Å². The molecule has 2 rings (SSSR count). The summed E-state index contributed by atoms with van der Waals surface area (Å²) < 4.78 is 4.61. The molecule has 0 radical (unpaired) electrons. The van der Waals surface area contributed by atoms with Gasteiger partial charge >= 0.3 is 5.97 Å². The smallest absolute Gasteiger partial charge is 0.337 e. The predicted molar refractivity (Wildman–Crippen MR) is 79.3 cm³/mol. The van der Waals surface area contributed by atoms with Crippen LogP contribution in [0.2, 0.25) is 0 Å². The number of ketones is 1. The first-order valence-corrected chi connectivity index (χ1v) is 6.30. The summed E-state index contributed by atoms with van der Waals surface area (Å²) in [6.45, 7) is 0. The Balaban J connectivity index is 2.08. The molecule has 1 N–H and O–H groups in total. The number of methoxy groups -OCH3 is 1. The van der Waals surface area contributed by atoms with Crippen molar-refractivity contribution < 1.29 is 19.4 Å². The van der Waals surface area contributed by atoms with Crippen LogP contribution in [0.4, 0.5) is 0 Å². The molecule has 0 fully saturated rings. The van der Waals surface area contributed by atoms with Gasteiger partial charge < -0.3 is 9.84 Å². The summed E-state index contributed by atoms with van der Waals surface area (Å²) in [5, 5.41) is 9.17. The molecule has 2 aromatic carbocycles. The molecule has 0 bridgehead atoms. The van der Waals surface area contributed by atoms with Gasteiger partial charge in [-0.15, -0.1) is 0 Å². The Hall–Kier alpha value is -2.88. The van der Waals surface area contributed by atoms with Crippen molar-refractivity contribution in [1.82, 2.24) is 0 Å². The number of benzene rings is 2. The zero-order valence-corrected chi connectivity index (χ0v) is 11.4. The van der Waals surface area contributed by atoms with Crippen LogP contribution in [0.5, 0.6) is 5.75 Å². The lowest BCUT2D eigenvalue weighted by Gasteiger charge is -1.99. The molecule has 21 heavy (non-hydrogen) atoms. The van der Waals surface area contributed by atoms with Gasteiger partial charge in [-0.25, -0.2) is 4.79 Å². The predicted octanol–water partition coefficient (Wildman–Crippen LogP) is 3.07. The van der Waals surface area contributed by atoms with E-state index in [1.54, 1.807) is 42.5 Å². The van der Waals surface area contributed by atoms with Crippen molar-refractivity contribution in [2.45, 2.75) is 0 Å². The Morgan fingerprint density at radius 1 is 0.952 bits per heavy atom. The number of phenols is 1. The molecule has 106 valence electrons. The van der Waals surface area contributed by atoms with Gasteiger partial charge in [-0.3, -0.25) is 4.79 Å². The summed E-state index contributed by atoms with van der Waals surface area (Å²) in [5.74, 6) is -0.438. The van der Waals surface area contributed by atoms with E-state index < -0.39 is 5.97 Å². The van der Waals surface area contributed by atoms with Gasteiger partial charge in [0.1, 0.15) is 5.75 Å². The van der Waals surface area contributed by atoms with Crippen molar-refractivity contribution in [1.29, 1.82) is 0 Å². The minimum atomic E-state index is -0.398. The van der Waals surface area contributed by atoms with E-state index in [4.69, 9.17) is 0 Å². The Morgan fingerprint density at radius 3 is 2.10 bits per heavy atom. The lowest BCUT2D eigenvalue weighted by atomic mass is 10.1. The Morgan fingerprint density at radius 2 is 1.52 bits per heavy atom. The third kappa shape index (κ3) is 3.79. The average Bonchev–Trinajstić information content (AvgIpc) is 2.53. The SMILES string of the molecule is COC(=O)c1ccc(/C=C/C(=O)c2ccc(O)cc2)cc1. The summed E-state index contributed by atoms with van der Waals surface area (Å²) in [5.41, 5.74) is 1.75. The highest BCUT2D eigenvalue weighted by molar-refractivity contribution is 6.06. The summed E-state index contributed by atoms with van der Waals surface area (Å²) >= 11 is 0. The fourth-order valence-electron chi connectivity index (χ4n) is 1.74. The van der Waals surface area contributed by atoms with Crippen LogP contribution in [0.15, 0.2) is 54.6 Å². The van der Waals surface area contributed by atoms with Crippen molar-refractivity contribution in [2.75, 3.05) is 7.11 Å². The van der Waals surface area contributed by atoms with Crippen molar-refractivity contribution in [3.05, 3.63) is 71.3 Å². The summed E-state index contributed by atoms with van der Waals surface area (Å²) in [6, 6.07) is 12.8.